The highest BCUT2D eigenvalue weighted by Crippen LogP contribution is 2.25. The Morgan fingerprint density at radius 3 is 2.42 bits per heavy atom. The van der Waals surface area contributed by atoms with E-state index in [-0.39, 0.29) is 0 Å². The lowest BCUT2D eigenvalue weighted by Gasteiger charge is -2.39. The number of carbonyl (C=O) groups is 2. The smallest absolute Gasteiger partial charge is 0.286 e. The highest BCUT2D eigenvalue weighted by molar-refractivity contribution is 5.92. The van der Waals surface area contributed by atoms with E-state index in [9.17, 15) is 33.0 Å². The number of rotatable bonds is 8. The largest absolute Gasteiger partial charge is 0.480 e. The summed E-state index contributed by atoms with van der Waals surface area (Å²) >= 11 is 0. The predicted octanol–water partition coefficient (Wildman–Crippen LogP) is -2.14. The second kappa shape index (κ2) is 11.0. The number of nitrogens with two attached hydrogens (primary N) is 2. The summed E-state index contributed by atoms with van der Waals surface area (Å²) in [6.07, 6.45) is -4.01. The van der Waals surface area contributed by atoms with Crippen LogP contribution >= 0.6 is 0 Å². The summed E-state index contributed by atoms with van der Waals surface area (Å²) in [6.45, 7) is -0.500. The van der Waals surface area contributed by atoms with Crippen LogP contribution < -0.4 is 22.1 Å². The number of carbonyl (C=O) groups excluding carboxylic acids is 2. The topological polar surface area (TPSA) is 193 Å². The van der Waals surface area contributed by atoms with Crippen LogP contribution in [0.3, 0.4) is 0 Å². The number of nitrogens with one attached hydrogen (secondary N) is 2. The third kappa shape index (κ3) is 6.34. The van der Waals surface area contributed by atoms with Crippen molar-refractivity contribution in [2.75, 3.05) is 6.61 Å². The van der Waals surface area contributed by atoms with Crippen LogP contribution in [0.4, 0.5) is 13.2 Å². The van der Waals surface area contributed by atoms with Gasteiger partial charge in [0.2, 0.25) is 5.91 Å². The number of aliphatic hydroxyl groups excluding tert-OH is 3. The molecular formula is C19H24F3N5O6. The zero-order chi connectivity index (χ0) is 24.9. The van der Waals surface area contributed by atoms with E-state index in [4.69, 9.17) is 21.3 Å². The van der Waals surface area contributed by atoms with Crippen LogP contribution in [0, 0.1) is 17.5 Å². The molecule has 1 aliphatic heterocycles. The highest BCUT2D eigenvalue weighted by Gasteiger charge is 2.43. The zero-order valence-corrected chi connectivity index (χ0v) is 17.3. The fourth-order valence-corrected chi connectivity index (χ4v) is 3.13. The normalized spacial score (nSPS) is 21.8. The van der Waals surface area contributed by atoms with Crippen molar-refractivity contribution in [3.8, 4) is 0 Å². The maximum atomic E-state index is 13.8. The van der Waals surface area contributed by atoms with Gasteiger partial charge in [0.15, 0.2) is 23.4 Å². The maximum Gasteiger partial charge on any atom is 0.286 e. The first kappa shape index (κ1) is 25.9. The number of benzene rings is 1. The Labute approximate surface area is 185 Å². The lowest BCUT2D eigenvalue weighted by atomic mass is 9.92. The van der Waals surface area contributed by atoms with Gasteiger partial charge in [-0.2, -0.15) is 0 Å². The van der Waals surface area contributed by atoms with Crippen molar-refractivity contribution in [1.29, 1.82) is 0 Å². The number of ether oxygens (including phenoxy) is 1. The standard InChI is InChI=1S/C19H24F3N5O6/c1-7(29)26-15-11(27-19(23)24)4-13(33-17(15)16(31)12(30)6-28)18(32)25-5-8-9(20)2-3-10(21)14(8)22/h2-4,11-12,15-17,28,30-31H,5-6H2,1H3,(H,25,32)(H,26,29)(H4,23,24,27)/t11-,12+,15+,16+,17+/m0/s1. The summed E-state index contributed by atoms with van der Waals surface area (Å²) in [6, 6.07) is -1.09. The molecular weight excluding hydrogens is 451 g/mol. The van der Waals surface area contributed by atoms with E-state index >= 15 is 0 Å². The molecule has 1 aliphatic rings. The molecule has 11 nitrogen and oxygen atoms in total. The van der Waals surface area contributed by atoms with Gasteiger partial charge in [0.1, 0.15) is 24.1 Å². The van der Waals surface area contributed by atoms with Gasteiger partial charge < -0.3 is 42.2 Å². The van der Waals surface area contributed by atoms with Crippen molar-refractivity contribution >= 4 is 17.8 Å². The van der Waals surface area contributed by atoms with Crippen molar-refractivity contribution in [2.45, 2.75) is 43.9 Å². The van der Waals surface area contributed by atoms with Crippen LogP contribution in [0.15, 0.2) is 29.0 Å². The van der Waals surface area contributed by atoms with E-state index < -0.39 is 90.1 Å². The number of amides is 2. The van der Waals surface area contributed by atoms with Crippen LogP contribution in [0.5, 0.6) is 0 Å². The first-order valence-electron chi connectivity index (χ1n) is 9.58. The number of hydrogen-bond acceptors (Lipinski definition) is 7. The van der Waals surface area contributed by atoms with Crippen molar-refractivity contribution in [3.05, 3.63) is 47.0 Å². The minimum atomic E-state index is -1.82. The third-order valence-electron chi connectivity index (χ3n) is 4.68. The minimum Gasteiger partial charge on any atom is -0.480 e. The molecule has 1 aromatic carbocycles. The molecule has 182 valence electrons. The molecule has 5 atom stereocenters. The molecule has 0 fully saturated rings. The van der Waals surface area contributed by atoms with E-state index in [0.29, 0.717) is 12.1 Å². The molecule has 2 amide bonds. The second-order valence-electron chi connectivity index (χ2n) is 7.13. The number of hydrogen-bond donors (Lipinski definition) is 7. The summed E-state index contributed by atoms with van der Waals surface area (Å²) in [7, 11) is 0. The molecule has 0 saturated carbocycles. The Kier molecular flexibility index (Phi) is 8.62. The van der Waals surface area contributed by atoms with Crippen LogP contribution in [0.2, 0.25) is 0 Å². The molecule has 0 bridgehead atoms. The molecule has 1 aromatic rings. The molecule has 1 heterocycles. The number of guanidine groups is 1. The molecule has 0 aliphatic carbocycles. The molecule has 14 heteroatoms. The summed E-state index contributed by atoms with van der Waals surface area (Å²) in [5.41, 5.74) is 10.1. The lowest BCUT2D eigenvalue weighted by molar-refractivity contribution is -0.134. The van der Waals surface area contributed by atoms with Crippen molar-refractivity contribution in [2.24, 2.45) is 16.5 Å². The van der Waals surface area contributed by atoms with Gasteiger partial charge in [-0.15, -0.1) is 0 Å². The summed E-state index contributed by atoms with van der Waals surface area (Å²) in [5, 5.41) is 34.0. The van der Waals surface area contributed by atoms with E-state index in [1.54, 1.807) is 0 Å². The van der Waals surface area contributed by atoms with Gasteiger partial charge in [-0.3, -0.25) is 9.59 Å². The van der Waals surface area contributed by atoms with Crippen LogP contribution in [0.25, 0.3) is 0 Å². The average Bonchev–Trinajstić information content (AvgIpc) is 2.75. The van der Waals surface area contributed by atoms with Gasteiger partial charge in [-0.05, 0) is 18.2 Å². The van der Waals surface area contributed by atoms with E-state index in [1.807, 2.05) is 0 Å². The summed E-state index contributed by atoms with van der Waals surface area (Å²) < 4.78 is 46.5. The van der Waals surface area contributed by atoms with Gasteiger partial charge in [-0.1, -0.05) is 0 Å². The number of aliphatic imine (C=N–C) groups is 1. The average molecular weight is 475 g/mol. The molecule has 0 unspecified atom stereocenters. The highest BCUT2D eigenvalue weighted by atomic mass is 19.2. The Morgan fingerprint density at radius 2 is 1.85 bits per heavy atom. The molecule has 0 aromatic heterocycles. The first-order chi connectivity index (χ1) is 15.5. The van der Waals surface area contributed by atoms with Gasteiger partial charge in [0.25, 0.3) is 5.91 Å². The molecule has 0 spiro atoms. The maximum absolute atomic E-state index is 13.8. The Balaban J connectivity index is 2.37. The first-order valence-corrected chi connectivity index (χ1v) is 9.58. The third-order valence-corrected chi connectivity index (χ3v) is 4.68. The Morgan fingerprint density at radius 1 is 1.21 bits per heavy atom. The van der Waals surface area contributed by atoms with Crippen LogP contribution in [-0.2, 0) is 20.9 Å². The van der Waals surface area contributed by atoms with E-state index in [0.717, 1.165) is 13.0 Å². The molecule has 0 radical (unpaired) electrons. The van der Waals surface area contributed by atoms with Crippen molar-refractivity contribution in [1.82, 2.24) is 10.6 Å². The van der Waals surface area contributed by atoms with Gasteiger partial charge >= 0.3 is 0 Å². The minimum absolute atomic E-state index is 0.451. The summed E-state index contributed by atoms with van der Waals surface area (Å²) in [4.78, 5) is 28.1. The number of halogens is 3. The molecule has 0 saturated heterocycles. The van der Waals surface area contributed by atoms with Crippen LogP contribution in [-0.4, -0.2) is 70.1 Å². The van der Waals surface area contributed by atoms with Crippen LogP contribution in [0.1, 0.15) is 12.5 Å². The number of aliphatic hydroxyl groups is 3. The quantitative estimate of drug-likeness (QED) is 0.126. The fraction of sp³-hybridized carbons (Fsp3) is 0.421. The molecule has 33 heavy (non-hydrogen) atoms. The predicted molar refractivity (Wildman–Crippen MR) is 107 cm³/mol. The van der Waals surface area contributed by atoms with Gasteiger partial charge in [0, 0.05) is 19.0 Å². The fourth-order valence-electron chi connectivity index (χ4n) is 3.13. The zero-order valence-electron chi connectivity index (χ0n) is 17.3. The second-order valence-corrected chi connectivity index (χ2v) is 7.13. The SMILES string of the molecule is CC(=O)N[C@H]1[C@H]([C@H](O)[C@H](O)CO)OC(C(=O)NCc2c(F)ccc(F)c2F)=C[C@@H]1N=C(N)N. The van der Waals surface area contributed by atoms with E-state index in [1.165, 1.54) is 0 Å². The van der Waals surface area contributed by atoms with Crippen molar-refractivity contribution in [3.63, 3.8) is 0 Å². The molecule has 9 N–H and O–H groups in total. The molecule has 2 rings (SSSR count). The van der Waals surface area contributed by atoms with E-state index in [2.05, 4.69) is 15.6 Å². The van der Waals surface area contributed by atoms with Crippen molar-refractivity contribution < 1.29 is 42.8 Å². The Hall–Kier alpha value is -3.36. The summed E-state index contributed by atoms with van der Waals surface area (Å²) in [5.74, 6) is -6.53. The number of nitrogens with zero attached hydrogens (tertiary/aromatic N) is 1. The lowest BCUT2D eigenvalue weighted by Crippen LogP contribution is -2.60. The van der Waals surface area contributed by atoms with Gasteiger partial charge in [-0.25, -0.2) is 18.2 Å². The van der Waals surface area contributed by atoms with Gasteiger partial charge in [0.05, 0.1) is 18.7 Å². The Bertz CT molecular complexity index is 956. The monoisotopic (exact) mass is 475 g/mol.